The number of nitrogens with one attached hydrogen (secondary N) is 1. The molecule has 0 radical (unpaired) electrons. The maximum Gasteiger partial charge on any atom is 0.251 e. The molecule has 1 amide bonds. The van der Waals surface area contributed by atoms with Crippen LogP contribution >= 0.6 is 11.6 Å². The lowest BCUT2D eigenvalue weighted by molar-refractivity contribution is -0.0827. The fourth-order valence-corrected chi connectivity index (χ4v) is 5.06. The molecule has 132 valence electrons. The van der Waals surface area contributed by atoms with E-state index in [4.69, 9.17) is 11.6 Å². The molecule has 0 aromatic heterocycles. The van der Waals surface area contributed by atoms with Crippen LogP contribution in [-0.2, 0) is 0 Å². The van der Waals surface area contributed by atoms with Gasteiger partial charge < -0.3 is 15.3 Å². The van der Waals surface area contributed by atoms with Gasteiger partial charge in [0.1, 0.15) is 5.82 Å². The van der Waals surface area contributed by atoms with Crippen LogP contribution in [0.15, 0.2) is 18.2 Å². The number of carbonyl (C=O) groups excluding carboxylic acids is 1. The van der Waals surface area contributed by atoms with Crippen LogP contribution in [0.5, 0.6) is 0 Å². The molecule has 1 saturated carbocycles. The average molecular weight is 355 g/mol. The Bertz CT molecular complexity index is 649. The zero-order chi connectivity index (χ0) is 17.6. The van der Waals surface area contributed by atoms with Crippen LogP contribution in [0.2, 0.25) is 5.02 Å². The molecule has 2 fully saturated rings. The molecule has 1 heterocycles. The summed E-state index contributed by atoms with van der Waals surface area (Å²) in [6.45, 7) is 5.34. The van der Waals surface area contributed by atoms with Crippen LogP contribution in [0.3, 0.4) is 0 Å². The summed E-state index contributed by atoms with van der Waals surface area (Å²) in [6, 6.07) is 4.05. The second-order valence-electron chi connectivity index (χ2n) is 7.65. The number of nitrogens with zero attached hydrogens (tertiary/aromatic N) is 1. The second-order valence-corrected chi connectivity index (χ2v) is 8.06. The smallest absolute Gasteiger partial charge is 0.251 e. The lowest BCUT2D eigenvalue weighted by Gasteiger charge is -2.57. The molecule has 2 aliphatic rings. The number of rotatable bonds is 3. The fraction of sp³-hybridized carbons (Fsp3) is 0.611. The van der Waals surface area contributed by atoms with Crippen molar-refractivity contribution in [3.8, 4) is 0 Å². The van der Waals surface area contributed by atoms with Gasteiger partial charge >= 0.3 is 0 Å². The Morgan fingerprint density at radius 2 is 2.17 bits per heavy atom. The van der Waals surface area contributed by atoms with Crippen molar-refractivity contribution >= 4 is 17.5 Å². The lowest BCUT2D eigenvalue weighted by atomic mass is 9.66. The van der Waals surface area contributed by atoms with Crippen LogP contribution in [0.4, 0.5) is 4.39 Å². The Labute approximate surface area is 147 Å². The summed E-state index contributed by atoms with van der Waals surface area (Å²) in [7, 11) is 2.11. The maximum absolute atomic E-state index is 13.2. The highest BCUT2D eigenvalue weighted by Crippen LogP contribution is 2.52. The molecule has 4 nitrogen and oxygen atoms in total. The monoisotopic (exact) mass is 354 g/mol. The molecule has 6 heteroatoms. The minimum atomic E-state index is -0.556. The Kier molecular flexibility index (Phi) is 4.62. The van der Waals surface area contributed by atoms with E-state index in [0.717, 1.165) is 13.0 Å². The van der Waals surface area contributed by atoms with Gasteiger partial charge in [0.25, 0.3) is 5.91 Å². The van der Waals surface area contributed by atoms with E-state index < -0.39 is 11.9 Å². The van der Waals surface area contributed by atoms with Gasteiger partial charge in [-0.25, -0.2) is 4.39 Å². The molecule has 1 aliphatic heterocycles. The number of halogens is 2. The van der Waals surface area contributed by atoms with E-state index in [-0.39, 0.29) is 22.4 Å². The summed E-state index contributed by atoms with van der Waals surface area (Å²) in [6.07, 6.45) is 0.914. The van der Waals surface area contributed by atoms with Gasteiger partial charge in [-0.2, -0.15) is 0 Å². The number of hydrogen-bond donors (Lipinski definition) is 2. The number of benzene rings is 1. The van der Waals surface area contributed by atoms with Crippen molar-refractivity contribution in [1.82, 2.24) is 10.2 Å². The summed E-state index contributed by atoms with van der Waals surface area (Å²) < 4.78 is 13.2. The van der Waals surface area contributed by atoms with Crippen LogP contribution in [0.1, 0.15) is 37.0 Å². The first-order chi connectivity index (χ1) is 11.2. The molecule has 4 atom stereocenters. The SMILES string of the molecule is CC(C)C1N(C)CC12C[C@@H](O)[C@H](NC(=O)c1ccc(F)c(Cl)c1)C2. The molecule has 0 bridgehead atoms. The molecule has 1 aromatic carbocycles. The van der Waals surface area contributed by atoms with E-state index in [9.17, 15) is 14.3 Å². The molecule has 2 N–H and O–H groups in total. The average Bonchev–Trinajstić information content (AvgIpc) is 2.78. The number of carbonyl (C=O) groups is 1. The van der Waals surface area contributed by atoms with Gasteiger partial charge in [0, 0.05) is 23.6 Å². The van der Waals surface area contributed by atoms with Crippen LogP contribution in [0, 0.1) is 17.2 Å². The minimum absolute atomic E-state index is 0.0702. The van der Waals surface area contributed by atoms with Gasteiger partial charge in [-0.15, -0.1) is 0 Å². The molecular formula is C18H24ClFN2O2. The number of hydrogen-bond acceptors (Lipinski definition) is 3. The Hall–Kier alpha value is -1.17. The maximum atomic E-state index is 13.2. The third-order valence-electron chi connectivity index (χ3n) is 5.50. The van der Waals surface area contributed by atoms with Crippen LogP contribution < -0.4 is 5.32 Å². The fourth-order valence-electron chi connectivity index (χ4n) is 4.88. The lowest BCUT2D eigenvalue weighted by Crippen LogP contribution is -2.64. The predicted octanol–water partition coefficient (Wildman–Crippen LogP) is 2.69. The van der Waals surface area contributed by atoms with E-state index >= 15 is 0 Å². The van der Waals surface area contributed by atoms with Crippen LogP contribution in [0.25, 0.3) is 0 Å². The Morgan fingerprint density at radius 3 is 2.75 bits per heavy atom. The quantitative estimate of drug-likeness (QED) is 0.877. The van der Waals surface area contributed by atoms with Gasteiger partial charge in [0.05, 0.1) is 17.2 Å². The van der Waals surface area contributed by atoms with Crippen molar-refractivity contribution in [3.05, 3.63) is 34.6 Å². The normalized spacial score (nSPS) is 33.0. The highest BCUT2D eigenvalue weighted by molar-refractivity contribution is 6.31. The van der Waals surface area contributed by atoms with Gasteiger partial charge in [0.15, 0.2) is 0 Å². The molecule has 1 saturated heterocycles. The van der Waals surface area contributed by atoms with Gasteiger partial charge in [-0.1, -0.05) is 25.4 Å². The number of amides is 1. The standard InChI is InChI=1S/C18H24ClFN2O2/c1-10(2)16-18(9-22(16)3)7-14(15(23)8-18)21-17(24)11-4-5-13(20)12(19)6-11/h4-6,10,14-16,23H,7-9H2,1-3H3,(H,21,24)/t14-,15-,16?,18?/m1/s1. The topological polar surface area (TPSA) is 52.6 Å². The van der Waals surface area contributed by atoms with E-state index in [1.54, 1.807) is 0 Å². The van der Waals surface area contributed by atoms with Gasteiger partial charge in [-0.05, 0) is 44.0 Å². The first-order valence-electron chi connectivity index (χ1n) is 8.38. The van der Waals surface area contributed by atoms with Crippen molar-refractivity contribution in [2.24, 2.45) is 11.3 Å². The third-order valence-corrected chi connectivity index (χ3v) is 5.79. The van der Waals surface area contributed by atoms with Crippen molar-refractivity contribution in [2.75, 3.05) is 13.6 Å². The van der Waals surface area contributed by atoms with Gasteiger partial charge in [0.2, 0.25) is 0 Å². The molecular weight excluding hydrogens is 331 g/mol. The molecule has 1 spiro atoms. The van der Waals surface area contributed by atoms with Crippen molar-refractivity contribution in [3.63, 3.8) is 0 Å². The first-order valence-corrected chi connectivity index (χ1v) is 8.75. The van der Waals surface area contributed by atoms with Crippen molar-refractivity contribution in [2.45, 2.75) is 44.9 Å². The number of aliphatic hydroxyl groups excluding tert-OH is 1. The van der Waals surface area contributed by atoms with E-state index in [2.05, 4.69) is 31.1 Å². The summed E-state index contributed by atoms with van der Waals surface area (Å²) in [5.41, 5.74) is 0.376. The summed E-state index contributed by atoms with van der Waals surface area (Å²) in [5.74, 6) is -0.376. The first kappa shape index (κ1) is 17.6. The minimum Gasteiger partial charge on any atom is -0.391 e. The zero-order valence-corrected chi connectivity index (χ0v) is 15.0. The molecule has 1 aromatic rings. The van der Waals surface area contributed by atoms with E-state index in [0.29, 0.717) is 23.9 Å². The summed E-state index contributed by atoms with van der Waals surface area (Å²) in [5, 5.41) is 13.3. The van der Waals surface area contributed by atoms with E-state index in [1.165, 1.54) is 18.2 Å². The Morgan fingerprint density at radius 1 is 1.46 bits per heavy atom. The molecule has 1 aliphatic carbocycles. The molecule has 2 unspecified atom stereocenters. The van der Waals surface area contributed by atoms with Gasteiger partial charge in [-0.3, -0.25) is 4.79 Å². The second kappa shape index (κ2) is 6.28. The summed E-state index contributed by atoms with van der Waals surface area (Å²) in [4.78, 5) is 14.7. The summed E-state index contributed by atoms with van der Waals surface area (Å²) >= 11 is 5.74. The largest absolute Gasteiger partial charge is 0.391 e. The molecule has 3 rings (SSSR count). The highest BCUT2D eigenvalue weighted by Gasteiger charge is 2.58. The number of likely N-dealkylation sites (tertiary alicyclic amines) is 1. The van der Waals surface area contributed by atoms with Crippen molar-refractivity contribution < 1.29 is 14.3 Å². The van der Waals surface area contributed by atoms with Crippen molar-refractivity contribution in [1.29, 1.82) is 0 Å². The van der Waals surface area contributed by atoms with E-state index in [1.807, 2.05) is 0 Å². The number of aliphatic hydroxyl groups is 1. The third kappa shape index (κ3) is 2.93. The molecule has 24 heavy (non-hydrogen) atoms. The predicted molar refractivity (Wildman–Crippen MR) is 91.6 cm³/mol. The zero-order valence-electron chi connectivity index (χ0n) is 14.2. The highest BCUT2D eigenvalue weighted by atomic mass is 35.5. The van der Waals surface area contributed by atoms with Crippen LogP contribution in [-0.4, -0.2) is 47.7 Å². The Balaban J connectivity index is 1.70.